The molecule has 0 bridgehead atoms. The maximum atomic E-state index is 10.1. The molecular formula is C19H25N3O3. The van der Waals surface area contributed by atoms with E-state index in [1.165, 1.54) is 12.7 Å². The molecule has 1 aromatic carbocycles. The monoisotopic (exact) mass is 343 g/mol. The summed E-state index contributed by atoms with van der Waals surface area (Å²) in [5.74, 6) is 2.26. The molecule has 0 unspecified atom stereocenters. The fraction of sp³-hybridized carbons (Fsp3) is 0.474. The molecule has 0 spiro atoms. The Morgan fingerprint density at radius 3 is 2.72 bits per heavy atom. The Balaban J connectivity index is 1.76. The van der Waals surface area contributed by atoms with E-state index in [4.69, 9.17) is 14.5 Å². The van der Waals surface area contributed by atoms with Crippen molar-refractivity contribution in [2.24, 2.45) is 0 Å². The third-order valence-electron chi connectivity index (χ3n) is 4.47. The third kappa shape index (κ3) is 3.69. The van der Waals surface area contributed by atoms with Crippen molar-refractivity contribution in [3.8, 4) is 17.2 Å². The van der Waals surface area contributed by atoms with E-state index >= 15 is 0 Å². The zero-order chi connectivity index (χ0) is 18.0. The first-order valence-electron chi connectivity index (χ1n) is 8.52. The van der Waals surface area contributed by atoms with Gasteiger partial charge in [-0.05, 0) is 17.7 Å². The Bertz CT molecular complexity index is 762. The van der Waals surface area contributed by atoms with Crippen LogP contribution in [0.25, 0.3) is 0 Å². The smallest absolute Gasteiger partial charge is 0.203 e. The van der Waals surface area contributed by atoms with E-state index in [0.29, 0.717) is 17.4 Å². The summed E-state index contributed by atoms with van der Waals surface area (Å²) in [6, 6.07) is 3.64. The number of hydrogen-bond acceptors (Lipinski definition) is 6. The Morgan fingerprint density at radius 2 is 2.04 bits per heavy atom. The first-order valence-corrected chi connectivity index (χ1v) is 8.52. The van der Waals surface area contributed by atoms with E-state index in [2.05, 4.69) is 23.7 Å². The minimum atomic E-state index is 0.0965. The molecule has 0 fully saturated rings. The van der Waals surface area contributed by atoms with Crippen LogP contribution in [0.2, 0.25) is 0 Å². The van der Waals surface area contributed by atoms with Crippen molar-refractivity contribution in [2.45, 2.75) is 39.3 Å². The number of aromatic hydroxyl groups is 1. The zero-order valence-electron chi connectivity index (χ0n) is 15.2. The van der Waals surface area contributed by atoms with Gasteiger partial charge in [-0.3, -0.25) is 4.90 Å². The van der Waals surface area contributed by atoms with Crippen LogP contribution >= 0.6 is 0 Å². The quantitative estimate of drug-likeness (QED) is 0.900. The van der Waals surface area contributed by atoms with Crippen molar-refractivity contribution < 1.29 is 14.6 Å². The lowest BCUT2D eigenvalue weighted by molar-refractivity contribution is 0.241. The van der Waals surface area contributed by atoms with Crippen LogP contribution in [0.15, 0.2) is 18.3 Å². The summed E-state index contributed by atoms with van der Waals surface area (Å²) in [6.45, 7) is 6.68. The molecule has 2 aromatic rings. The van der Waals surface area contributed by atoms with Gasteiger partial charge >= 0.3 is 0 Å². The highest BCUT2D eigenvalue weighted by atomic mass is 16.5. The van der Waals surface area contributed by atoms with Crippen LogP contribution in [0.3, 0.4) is 0 Å². The lowest BCUT2D eigenvalue weighted by Gasteiger charge is -2.28. The van der Waals surface area contributed by atoms with E-state index in [1.54, 1.807) is 13.2 Å². The number of methoxy groups -OCH3 is 2. The van der Waals surface area contributed by atoms with Crippen LogP contribution in [0.5, 0.6) is 17.2 Å². The average molecular weight is 343 g/mol. The maximum Gasteiger partial charge on any atom is 0.203 e. The number of rotatable bonds is 5. The molecule has 1 N–H and O–H groups in total. The Morgan fingerprint density at radius 1 is 1.24 bits per heavy atom. The summed E-state index contributed by atoms with van der Waals surface area (Å²) < 4.78 is 10.5. The van der Waals surface area contributed by atoms with Gasteiger partial charge in [0.2, 0.25) is 5.75 Å². The summed E-state index contributed by atoms with van der Waals surface area (Å²) in [5, 5.41) is 10.1. The van der Waals surface area contributed by atoms with E-state index < -0.39 is 0 Å². The Kier molecular flexibility index (Phi) is 5.08. The molecule has 0 radical (unpaired) electrons. The number of fused-ring (bicyclic) bond motifs is 1. The standard InChI is InChI=1S/C19H25N3O3/c1-12(2)19-20-9-14-11-22(6-5-15(14)21-19)10-13-7-16(23)18(25-4)17(8-13)24-3/h7-9,12,23H,5-6,10-11H2,1-4H3. The molecule has 0 saturated carbocycles. The number of nitrogens with zero attached hydrogens (tertiary/aromatic N) is 3. The van der Waals surface area contributed by atoms with Crippen LogP contribution in [-0.4, -0.2) is 40.7 Å². The minimum absolute atomic E-state index is 0.0965. The summed E-state index contributed by atoms with van der Waals surface area (Å²) in [5.41, 5.74) is 3.32. The summed E-state index contributed by atoms with van der Waals surface area (Å²) in [7, 11) is 3.09. The van der Waals surface area contributed by atoms with Crippen molar-refractivity contribution in [3.05, 3.63) is 41.0 Å². The Hall–Kier alpha value is -2.34. The SMILES string of the molecule is COc1cc(CN2CCc3nc(C(C)C)ncc3C2)cc(O)c1OC. The molecule has 2 heterocycles. The number of ether oxygens (including phenoxy) is 2. The van der Waals surface area contributed by atoms with Crippen LogP contribution in [0, 0.1) is 0 Å². The first kappa shape index (κ1) is 17.5. The molecule has 6 heteroatoms. The summed E-state index contributed by atoms with van der Waals surface area (Å²) >= 11 is 0. The molecule has 1 aliphatic heterocycles. The summed E-state index contributed by atoms with van der Waals surface area (Å²) in [6.07, 6.45) is 2.87. The highest BCUT2D eigenvalue weighted by molar-refractivity contribution is 5.53. The number of phenols is 1. The van der Waals surface area contributed by atoms with Gasteiger partial charge in [0.25, 0.3) is 0 Å². The molecule has 0 amide bonds. The molecule has 1 aliphatic rings. The van der Waals surface area contributed by atoms with Gasteiger partial charge in [-0.15, -0.1) is 0 Å². The number of phenolic OH excluding ortho intramolecular Hbond substituents is 1. The molecule has 0 saturated heterocycles. The van der Waals surface area contributed by atoms with E-state index in [1.807, 2.05) is 12.3 Å². The molecular weight excluding hydrogens is 318 g/mol. The number of aromatic nitrogens is 2. The van der Waals surface area contributed by atoms with Gasteiger partial charge in [0.1, 0.15) is 5.82 Å². The zero-order valence-corrected chi connectivity index (χ0v) is 15.2. The van der Waals surface area contributed by atoms with E-state index in [9.17, 15) is 5.11 Å². The second-order valence-corrected chi connectivity index (χ2v) is 6.67. The first-order chi connectivity index (χ1) is 12.0. The molecule has 25 heavy (non-hydrogen) atoms. The molecule has 6 nitrogen and oxygen atoms in total. The summed E-state index contributed by atoms with van der Waals surface area (Å²) in [4.78, 5) is 11.5. The van der Waals surface area contributed by atoms with Gasteiger partial charge < -0.3 is 14.6 Å². The normalized spacial score (nSPS) is 14.4. The third-order valence-corrected chi connectivity index (χ3v) is 4.47. The number of hydrogen-bond donors (Lipinski definition) is 1. The van der Waals surface area contributed by atoms with Crippen LogP contribution < -0.4 is 9.47 Å². The highest BCUT2D eigenvalue weighted by Gasteiger charge is 2.20. The van der Waals surface area contributed by atoms with Crippen LogP contribution in [0.4, 0.5) is 0 Å². The molecule has 0 aliphatic carbocycles. The average Bonchev–Trinajstić information content (AvgIpc) is 2.60. The predicted molar refractivity (Wildman–Crippen MR) is 95.1 cm³/mol. The molecule has 134 valence electrons. The fourth-order valence-corrected chi connectivity index (χ4v) is 3.15. The highest BCUT2D eigenvalue weighted by Crippen LogP contribution is 2.37. The van der Waals surface area contributed by atoms with Crippen molar-refractivity contribution in [2.75, 3.05) is 20.8 Å². The van der Waals surface area contributed by atoms with E-state index in [-0.39, 0.29) is 5.75 Å². The van der Waals surface area contributed by atoms with Crippen molar-refractivity contribution in [1.29, 1.82) is 0 Å². The van der Waals surface area contributed by atoms with Crippen LogP contribution in [-0.2, 0) is 19.5 Å². The molecule has 3 rings (SSSR count). The Labute approximate surface area is 148 Å². The van der Waals surface area contributed by atoms with Gasteiger partial charge in [-0.25, -0.2) is 9.97 Å². The fourth-order valence-electron chi connectivity index (χ4n) is 3.15. The maximum absolute atomic E-state index is 10.1. The van der Waals surface area contributed by atoms with Crippen molar-refractivity contribution >= 4 is 0 Å². The number of benzene rings is 1. The van der Waals surface area contributed by atoms with Crippen molar-refractivity contribution in [3.63, 3.8) is 0 Å². The van der Waals surface area contributed by atoms with Gasteiger partial charge in [-0.1, -0.05) is 13.8 Å². The molecule has 1 aromatic heterocycles. The predicted octanol–water partition coefficient (Wildman–Crippen LogP) is 2.88. The lowest BCUT2D eigenvalue weighted by atomic mass is 10.0. The molecule has 0 atom stereocenters. The second kappa shape index (κ2) is 7.27. The van der Waals surface area contributed by atoms with Gasteiger partial charge in [-0.2, -0.15) is 0 Å². The lowest BCUT2D eigenvalue weighted by Crippen LogP contribution is -2.31. The second-order valence-electron chi connectivity index (χ2n) is 6.67. The van der Waals surface area contributed by atoms with Crippen LogP contribution in [0.1, 0.15) is 42.4 Å². The topological polar surface area (TPSA) is 67.7 Å². The van der Waals surface area contributed by atoms with E-state index in [0.717, 1.165) is 43.1 Å². The van der Waals surface area contributed by atoms with Crippen molar-refractivity contribution in [1.82, 2.24) is 14.9 Å². The van der Waals surface area contributed by atoms with Gasteiger partial charge in [0.15, 0.2) is 11.5 Å². The minimum Gasteiger partial charge on any atom is -0.504 e. The largest absolute Gasteiger partial charge is 0.504 e. The van der Waals surface area contributed by atoms with Gasteiger partial charge in [0, 0.05) is 49.4 Å². The van der Waals surface area contributed by atoms with Gasteiger partial charge in [0.05, 0.1) is 14.2 Å².